The van der Waals surface area contributed by atoms with Gasteiger partial charge in [0.15, 0.2) is 11.4 Å². The number of para-hydroxylation sites is 2. The van der Waals surface area contributed by atoms with Gasteiger partial charge >= 0.3 is 5.97 Å². The Labute approximate surface area is 186 Å². The standard InChI is InChI=1S/C25H26O7/c1-15(26)17-14-21(31-4)25(32-5,18-11-7-9-13-20(18)30-3)23(22(17)24(27)28)16-10-6-8-12-19(16)29-2/h6-14,23H,1-5H3,(H,27,28). The van der Waals surface area contributed by atoms with Crippen molar-refractivity contribution in [2.75, 3.05) is 28.4 Å². The van der Waals surface area contributed by atoms with Crippen LogP contribution in [0.5, 0.6) is 11.5 Å². The van der Waals surface area contributed by atoms with Crippen LogP contribution in [0.4, 0.5) is 0 Å². The largest absolute Gasteiger partial charge is 0.498 e. The third-order valence-corrected chi connectivity index (χ3v) is 5.74. The lowest BCUT2D eigenvalue weighted by Crippen LogP contribution is -2.44. The van der Waals surface area contributed by atoms with E-state index in [4.69, 9.17) is 18.9 Å². The van der Waals surface area contributed by atoms with Gasteiger partial charge in [0.2, 0.25) is 0 Å². The number of methoxy groups -OCH3 is 4. The number of Topliss-reactive ketones (excluding diaryl/α,β-unsaturated/α-hetero) is 1. The zero-order chi connectivity index (χ0) is 23.5. The number of hydrogen-bond donors (Lipinski definition) is 1. The molecular weight excluding hydrogens is 412 g/mol. The van der Waals surface area contributed by atoms with Gasteiger partial charge in [-0.15, -0.1) is 0 Å². The summed E-state index contributed by atoms with van der Waals surface area (Å²) in [5, 5.41) is 10.3. The molecule has 1 aliphatic carbocycles. The highest BCUT2D eigenvalue weighted by atomic mass is 16.5. The first-order valence-corrected chi connectivity index (χ1v) is 9.93. The van der Waals surface area contributed by atoms with Gasteiger partial charge in [-0.2, -0.15) is 0 Å². The van der Waals surface area contributed by atoms with E-state index < -0.39 is 23.3 Å². The number of carbonyl (C=O) groups excluding carboxylic acids is 1. The highest BCUT2D eigenvalue weighted by molar-refractivity contribution is 6.06. The lowest BCUT2D eigenvalue weighted by Gasteiger charge is -2.44. The summed E-state index contributed by atoms with van der Waals surface area (Å²) in [4.78, 5) is 25.2. The number of carboxylic acid groups (broad SMARTS) is 1. The van der Waals surface area contributed by atoms with Gasteiger partial charge in [-0.05, 0) is 25.1 Å². The number of ether oxygens (including phenoxy) is 4. The van der Waals surface area contributed by atoms with Gasteiger partial charge in [0.1, 0.15) is 17.3 Å². The van der Waals surface area contributed by atoms with Crippen LogP contribution in [0.3, 0.4) is 0 Å². The van der Waals surface area contributed by atoms with Crippen molar-refractivity contribution in [1.82, 2.24) is 0 Å². The number of benzene rings is 2. The molecule has 0 heterocycles. The van der Waals surface area contributed by atoms with E-state index in [9.17, 15) is 14.7 Å². The van der Waals surface area contributed by atoms with E-state index in [0.29, 0.717) is 22.6 Å². The average molecular weight is 438 g/mol. The lowest BCUT2D eigenvalue weighted by molar-refractivity contribution is -0.135. The molecule has 2 aromatic rings. The minimum Gasteiger partial charge on any atom is -0.498 e. The minimum atomic E-state index is -1.46. The van der Waals surface area contributed by atoms with Crippen molar-refractivity contribution in [3.05, 3.63) is 82.6 Å². The van der Waals surface area contributed by atoms with Gasteiger partial charge in [-0.1, -0.05) is 36.4 Å². The maximum atomic E-state index is 12.6. The van der Waals surface area contributed by atoms with E-state index >= 15 is 0 Å². The van der Waals surface area contributed by atoms with Crippen LogP contribution in [0.2, 0.25) is 0 Å². The molecule has 2 aromatic carbocycles. The molecule has 0 radical (unpaired) electrons. The summed E-state index contributed by atoms with van der Waals surface area (Å²) in [6.07, 6.45) is 1.44. The third-order valence-electron chi connectivity index (χ3n) is 5.74. The maximum Gasteiger partial charge on any atom is 0.333 e. The Bertz CT molecular complexity index is 1100. The van der Waals surface area contributed by atoms with Crippen LogP contribution in [0, 0.1) is 0 Å². The number of rotatable bonds is 8. The van der Waals surface area contributed by atoms with E-state index in [1.807, 2.05) is 0 Å². The summed E-state index contributed by atoms with van der Waals surface area (Å²) in [7, 11) is 5.95. The topological polar surface area (TPSA) is 91.3 Å². The van der Waals surface area contributed by atoms with Gasteiger partial charge in [0.05, 0.1) is 32.8 Å². The van der Waals surface area contributed by atoms with E-state index in [1.165, 1.54) is 41.4 Å². The second-order valence-electron chi connectivity index (χ2n) is 7.22. The summed E-state index contributed by atoms with van der Waals surface area (Å²) in [5.74, 6) is -1.43. The average Bonchev–Trinajstić information content (AvgIpc) is 2.82. The molecule has 32 heavy (non-hydrogen) atoms. The maximum absolute atomic E-state index is 12.6. The van der Waals surface area contributed by atoms with Crippen LogP contribution in [0.1, 0.15) is 24.0 Å². The van der Waals surface area contributed by atoms with Gasteiger partial charge < -0.3 is 24.1 Å². The van der Waals surface area contributed by atoms with Crippen LogP contribution in [0.25, 0.3) is 0 Å². The number of aliphatic carboxylic acids is 1. The fraction of sp³-hybridized carbons (Fsp3) is 0.280. The Hall–Kier alpha value is -3.58. The van der Waals surface area contributed by atoms with Crippen LogP contribution < -0.4 is 9.47 Å². The van der Waals surface area contributed by atoms with Crippen LogP contribution in [0.15, 0.2) is 71.5 Å². The van der Waals surface area contributed by atoms with Crippen molar-refractivity contribution >= 4 is 11.8 Å². The van der Waals surface area contributed by atoms with Crippen LogP contribution in [-0.4, -0.2) is 45.3 Å². The monoisotopic (exact) mass is 438 g/mol. The highest BCUT2D eigenvalue weighted by Gasteiger charge is 2.55. The molecule has 2 unspecified atom stereocenters. The SMILES string of the molecule is COC1=CC(C(C)=O)=C(C(=O)O)C(c2ccccc2OC)C1(OC)c1ccccc1OC. The summed E-state index contributed by atoms with van der Waals surface area (Å²) in [6, 6.07) is 14.2. The molecule has 168 valence electrons. The molecular formula is C25H26O7. The van der Waals surface area contributed by atoms with E-state index in [2.05, 4.69) is 0 Å². The van der Waals surface area contributed by atoms with Gasteiger partial charge in [0, 0.05) is 23.8 Å². The quantitative estimate of drug-likeness (QED) is 0.669. The first-order valence-electron chi connectivity index (χ1n) is 9.93. The van der Waals surface area contributed by atoms with Gasteiger partial charge in [-0.3, -0.25) is 4.79 Å². The smallest absolute Gasteiger partial charge is 0.333 e. The van der Waals surface area contributed by atoms with Crippen molar-refractivity contribution < 1.29 is 33.6 Å². The van der Waals surface area contributed by atoms with Crippen LogP contribution in [-0.2, 0) is 24.7 Å². The van der Waals surface area contributed by atoms with E-state index in [0.717, 1.165) is 0 Å². The van der Waals surface area contributed by atoms with Crippen molar-refractivity contribution in [1.29, 1.82) is 0 Å². The van der Waals surface area contributed by atoms with Crippen molar-refractivity contribution in [2.24, 2.45) is 0 Å². The molecule has 0 aromatic heterocycles. The van der Waals surface area contributed by atoms with Gasteiger partial charge in [0.25, 0.3) is 0 Å². The molecule has 1 aliphatic rings. The van der Waals surface area contributed by atoms with Crippen molar-refractivity contribution in [2.45, 2.75) is 18.4 Å². The highest BCUT2D eigenvalue weighted by Crippen LogP contribution is 2.56. The minimum absolute atomic E-state index is 0.0350. The predicted octanol–water partition coefficient (Wildman–Crippen LogP) is 3.84. The third kappa shape index (κ3) is 3.54. The van der Waals surface area contributed by atoms with Gasteiger partial charge in [-0.25, -0.2) is 4.79 Å². The molecule has 2 atom stereocenters. The molecule has 3 rings (SSSR count). The molecule has 0 bridgehead atoms. The fourth-order valence-corrected chi connectivity index (χ4v) is 4.41. The van der Waals surface area contributed by atoms with E-state index in [1.54, 1.807) is 48.5 Å². The Balaban J connectivity index is 2.54. The first kappa shape index (κ1) is 23.1. The normalized spacial score (nSPS) is 20.4. The second kappa shape index (κ2) is 9.28. The molecule has 0 amide bonds. The molecule has 0 saturated heterocycles. The predicted molar refractivity (Wildman–Crippen MR) is 118 cm³/mol. The van der Waals surface area contributed by atoms with E-state index in [-0.39, 0.29) is 16.9 Å². The molecule has 1 N–H and O–H groups in total. The number of carbonyl (C=O) groups is 2. The zero-order valence-corrected chi connectivity index (χ0v) is 18.7. The summed E-state index contributed by atoms with van der Waals surface area (Å²) in [5.41, 5.74) is -0.455. The van der Waals surface area contributed by atoms with Crippen molar-refractivity contribution in [3.8, 4) is 11.5 Å². The summed E-state index contributed by atoms with van der Waals surface area (Å²) < 4.78 is 23.1. The first-order chi connectivity index (χ1) is 15.4. The Morgan fingerprint density at radius 1 is 0.875 bits per heavy atom. The molecule has 0 fully saturated rings. The summed E-state index contributed by atoms with van der Waals surface area (Å²) >= 11 is 0. The number of allylic oxidation sites excluding steroid dienone is 2. The number of ketones is 1. The molecule has 7 nitrogen and oxygen atoms in total. The second-order valence-corrected chi connectivity index (χ2v) is 7.22. The molecule has 0 aliphatic heterocycles. The molecule has 0 spiro atoms. The number of hydrogen-bond acceptors (Lipinski definition) is 6. The van der Waals surface area contributed by atoms with Crippen LogP contribution >= 0.6 is 0 Å². The lowest BCUT2D eigenvalue weighted by atomic mass is 9.66. The molecule has 7 heteroatoms. The summed E-state index contributed by atoms with van der Waals surface area (Å²) in [6.45, 7) is 1.32. The Morgan fingerprint density at radius 2 is 1.47 bits per heavy atom. The fourth-order valence-electron chi connectivity index (χ4n) is 4.41. The number of carboxylic acids is 1. The Morgan fingerprint density at radius 3 is 2.00 bits per heavy atom. The zero-order valence-electron chi connectivity index (χ0n) is 18.7. The molecule has 0 saturated carbocycles. The Kier molecular flexibility index (Phi) is 6.69. The van der Waals surface area contributed by atoms with Crippen molar-refractivity contribution in [3.63, 3.8) is 0 Å².